The third kappa shape index (κ3) is 4.31. The molecule has 0 unspecified atom stereocenters. The van der Waals surface area contributed by atoms with Crippen LogP contribution in [0.15, 0.2) is 65.7 Å². The molecule has 35 heavy (non-hydrogen) atoms. The van der Waals surface area contributed by atoms with E-state index in [0.717, 1.165) is 63.3 Å². The van der Waals surface area contributed by atoms with Gasteiger partial charge in [0.25, 0.3) is 0 Å². The first-order valence-corrected chi connectivity index (χ1v) is 14.5. The molecule has 0 N–H and O–H groups in total. The van der Waals surface area contributed by atoms with E-state index in [1.165, 1.54) is 10.1 Å². The molecule has 4 heterocycles. The summed E-state index contributed by atoms with van der Waals surface area (Å²) in [6.07, 6.45) is 4.40. The molecule has 7 nitrogen and oxygen atoms in total. The average Bonchev–Trinajstić information content (AvgIpc) is 3.55. The summed E-state index contributed by atoms with van der Waals surface area (Å²) in [5, 5.41) is 1.94. The van der Waals surface area contributed by atoms with Gasteiger partial charge in [-0.05, 0) is 73.7 Å². The molecule has 4 aromatic rings. The predicted molar refractivity (Wildman–Crippen MR) is 142 cm³/mol. The zero-order valence-electron chi connectivity index (χ0n) is 19.6. The van der Waals surface area contributed by atoms with Crippen LogP contribution in [-0.2, 0) is 10.0 Å². The van der Waals surface area contributed by atoms with E-state index in [-0.39, 0.29) is 6.04 Å². The van der Waals surface area contributed by atoms with Crippen molar-refractivity contribution in [1.29, 1.82) is 0 Å². The number of piperazine rings is 1. The van der Waals surface area contributed by atoms with Crippen LogP contribution in [0.1, 0.15) is 19.3 Å². The van der Waals surface area contributed by atoms with Crippen LogP contribution >= 0.6 is 11.5 Å². The second-order valence-corrected chi connectivity index (χ2v) is 12.0. The van der Waals surface area contributed by atoms with Gasteiger partial charge in [-0.25, -0.2) is 8.42 Å². The van der Waals surface area contributed by atoms with Gasteiger partial charge in [-0.2, -0.15) is 8.68 Å². The smallest absolute Gasteiger partial charge is 0.243 e. The van der Waals surface area contributed by atoms with E-state index >= 15 is 0 Å². The quantitative estimate of drug-likeness (QED) is 0.389. The normalized spacial score (nSPS) is 20.2. The number of anilines is 1. The van der Waals surface area contributed by atoms with Crippen molar-refractivity contribution in [3.8, 4) is 0 Å². The van der Waals surface area contributed by atoms with Gasteiger partial charge < -0.3 is 4.90 Å². The van der Waals surface area contributed by atoms with Crippen LogP contribution in [0.3, 0.4) is 0 Å². The van der Waals surface area contributed by atoms with Gasteiger partial charge in [0.2, 0.25) is 10.0 Å². The lowest BCUT2D eigenvalue weighted by atomic mass is 10.1. The topological polar surface area (TPSA) is 69.6 Å². The van der Waals surface area contributed by atoms with E-state index in [9.17, 15) is 8.42 Å². The van der Waals surface area contributed by atoms with Gasteiger partial charge in [0.15, 0.2) is 0 Å². The number of sulfonamides is 1. The predicted octanol–water partition coefficient (Wildman–Crippen LogP) is 4.21. The monoisotopic (exact) mass is 507 g/mol. The zero-order valence-corrected chi connectivity index (χ0v) is 21.2. The Kier molecular flexibility index (Phi) is 6.18. The standard InChI is InChI=1S/C26H29N5O2S2/c32-35(33,25-11-3-9-23-21(25)8-4-13-27-23)31-14-5-6-20(31)12-15-29-16-18-30(19-17-29)26-22-7-1-2-10-24(22)34-28-26/h1-4,7-11,13,20H,5-6,12,14-19H2/t20-/m0/s1. The number of fused-ring (bicyclic) bond motifs is 2. The van der Waals surface area contributed by atoms with Crippen molar-refractivity contribution in [2.24, 2.45) is 0 Å². The SMILES string of the molecule is O=S(=O)(c1cccc2ncccc12)N1CCC[C@H]1CCN1CCN(c2nsc3ccccc23)CC1. The first kappa shape index (κ1) is 22.8. The summed E-state index contributed by atoms with van der Waals surface area (Å²) < 4.78 is 35.0. The summed E-state index contributed by atoms with van der Waals surface area (Å²) >= 11 is 1.57. The van der Waals surface area contributed by atoms with Gasteiger partial charge in [0.1, 0.15) is 5.82 Å². The number of hydrogen-bond donors (Lipinski definition) is 0. The summed E-state index contributed by atoms with van der Waals surface area (Å²) in [6.45, 7) is 5.35. The fourth-order valence-electron chi connectivity index (χ4n) is 5.46. The molecule has 0 radical (unpaired) electrons. The van der Waals surface area contributed by atoms with Gasteiger partial charge in [0, 0.05) is 55.7 Å². The molecule has 9 heteroatoms. The molecule has 6 rings (SSSR count). The zero-order chi connectivity index (χ0) is 23.8. The summed E-state index contributed by atoms with van der Waals surface area (Å²) in [5.41, 5.74) is 0.718. The largest absolute Gasteiger partial charge is 0.353 e. The molecule has 1 atom stereocenters. The van der Waals surface area contributed by atoms with Gasteiger partial charge >= 0.3 is 0 Å². The minimum Gasteiger partial charge on any atom is -0.353 e. The Balaban J connectivity index is 1.11. The fraction of sp³-hybridized carbons (Fsp3) is 0.385. The Labute approximate surface area is 210 Å². The fourth-order valence-corrected chi connectivity index (χ4v) is 8.18. The Hall–Kier alpha value is -2.59. The van der Waals surface area contributed by atoms with Gasteiger partial charge in [-0.3, -0.25) is 9.88 Å². The minimum atomic E-state index is -3.57. The average molecular weight is 508 g/mol. The van der Waals surface area contributed by atoms with Crippen molar-refractivity contribution in [3.05, 3.63) is 60.8 Å². The highest BCUT2D eigenvalue weighted by atomic mass is 32.2. The van der Waals surface area contributed by atoms with Crippen molar-refractivity contribution in [2.75, 3.05) is 44.2 Å². The molecule has 0 aliphatic carbocycles. The molecule has 2 aliphatic heterocycles. The van der Waals surface area contributed by atoms with Crippen LogP contribution in [0.4, 0.5) is 5.82 Å². The lowest BCUT2D eigenvalue weighted by Crippen LogP contribution is -2.48. The molecule has 0 saturated carbocycles. The summed E-state index contributed by atoms with van der Waals surface area (Å²) in [5.74, 6) is 1.10. The molecular formula is C26H29N5O2S2. The van der Waals surface area contributed by atoms with Crippen molar-refractivity contribution in [1.82, 2.24) is 18.6 Å². The van der Waals surface area contributed by atoms with Gasteiger partial charge in [-0.1, -0.05) is 18.2 Å². The van der Waals surface area contributed by atoms with Crippen LogP contribution in [-0.4, -0.2) is 72.3 Å². The van der Waals surface area contributed by atoms with Crippen LogP contribution in [0, 0.1) is 0 Å². The first-order chi connectivity index (χ1) is 17.1. The van der Waals surface area contributed by atoms with E-state index < -0.39 is 10.0 Å². The van der Waals surface area contributed by atoms with Crippen molar-refractivity contribution in [3.63, 3.8) is 0 Å². The van der Waals surface area contributed by atoms with E-state index in [4.69, 9.17) is 4.37 Å². The van der Waals surface area contributed by atoms with Crippen LogP contribution in [0.5, 0.6) is 0 Å². The van der Waals surface area contributed by atoms with E-state index in [1.807, 2.05) is 12.1 Å². The molecule has 0 amide bonds. The third-order valence-corrected chi connectivity index (χ3v) is 10.2. The molecule has 2 saturated heterocycles. The number of benzene rings is 2. The van der Waals surface area contributed by atoms with Gasteiger partial charge in [-0.15, -0.1) is 0 Å². The van der Waals surface area contributed by atoms with Gasteiger partial charge in [0.05, 0.1) is 15.1 Å². The van der Waals surface area contributed by atoms with Crippen molar-refractivity contribution < 1.29 is 8.42 Å². The van der Waals surface area contributed by atoms with E-state index in [0.29, 0.717) is 16.8 Å². The maximum Gasteiger partial charge on any atom is 0.243 e. The minimum absolute atomic E-state index is 0.0486. The molecule has 2 aromatic heterocycles. The molecule has 2 fully saturated rings. The Bertz CT molecular complexity index is 1440. The summed E-state index contributed by atoms with van der Waals surface area (Å²) in [7, 11) is -3.57. The second kappa shape index (κ2) is 9.46. The highest BCUT2D eigenvalue weighted by Gasteiger charge is 2.36. The molecule has 0 bridgehead atoms. The second-order valence-electron chi connectivity index (χ2n) is 9.36. The molecule has 2 aliphatic rings. The number of pyridine rings is 1. The lowest BCUT2D eigenvalue weighted by Gasteiger charge is -2.36. The molecule has 182 valence electrons. The first-order valence-electron chi connectivity index (χ1n) is 12.3. The molecule has 2 aromatic carbocycles. The maximum atomic E-state index is 13.7. The van der Waals surface area contributed by atoms with Crippen molar-refractivity contribution in [2.45, 2.75) is 30.2 Å². The highest BCUT2D eigenvalue weighted by Crippen LogP contribution is 2.32. The van der Waals surface area contributed by atoms with Crippen LogP contribution in [0.25, 0.3) is 21.0 Å². The maximum absolute atomic E-state index is 13.7. The van der Waals surface area contributed by atoms with Crippen LogP contribution in [0.2, 0.25) is 0 Å². The Morgan fingerprint density at radius 2 is 1.74 bits per heavy atom. The van der Waals surface area contributed by atoms with Crippen LogP contribution < -0.4 is 4.90 Å². The third-order valence-electron chi connectivity index (χ3n) is 7.32. The summed E-state index contributed by atoms with van der Waals surface area (Å²) in [6, 6.07) is 17.5. The Morgan fingerprint density at radius 3 is 2.63 bits per heavy atom. The number of rotatable bonds is 6. The van der Waals surface area contributed by atoms with E-state index in [1.54, 1.807) is 40.2 Å². The number of nitrogens with zero attached hydrogens (tertiary/aromatic N) is 5. The Morgan fingerprint density at radius 1 is 0.914 bits per heavy atom. The molecule has 0 spiro atoms. The number of hydrogen-bond acceptors (Lipinski definition) is 7. The number of aromatic nitrogens is 2. The summed E-state index contributed by atoms with van der Waals surface area (Å²) in [4.78, 5) is 9.57. The highest BCUT2D eigenvalue weighted by molar-refractivity contribution is 7.89. The van der Waals surface area contributed by atoms with Crippen molar-refractivity contribution >= 4 is 48.4 Å². The lowest BCUT2D eigenvalue weighted by molar-refractivity contribution is 0.232. The van der Waals surface area contributed by atoms with E-state index in [2.05, 4.69) is 39.0 Å². The molecular weight excluding hydrogens is 478 g/mol.